The first kappa shape index (κ1) is 17.2. The quantitative estimate of drug-likeness (QED) is 0.668. The van der Waals surface area contributed by atoms with E-state index in [1.165, 1.54) is 29.7 Å². The largest absolute Gasteiger partial charge is 0.370 e. The van der Waals surface area contributed by atoms with Crippen molar-refractivity contribution in [3.05, 3.63) is 75.9 Å². The molecule has 0 atom stereocenters. The number of hydrogen-bond acceptors (Lipinski definition) is 2. The lowest BCUT2D eigenvalue weighted by Crippen LogP contribution is -2.08. The second-order valence-corrected chi connectivity index (χ2v) is 7.23. The minimum absolute atomic E-state index is 0.769. The van der Waals surface area contributed by atoms with Gasteiger partial charge in [-0.1, -0.05) is 54.9 Å². The summed E-state index contributed by atoms with van der Waals surface area (Å²) >= 11 is 6.41. The van der Waals surface area contributed by atoms with Crippen LogP contribution in [0.25, 0.3) is 5.69 Å². The minimum Gasteiger partial charge on any atom is -0.370 e. The predicted octanol–water partition coefficient (Wildman–Crippen LogP) is 5.43. The Morgan fingerprint density at radius 3 is 2.62 bits per heavy atom. The van der Waals surface area contributed by atoms with Crippen molar-refractivity contribution in [2.75, 3.05) is 11.9 Å². The third-order valence-corrected chi connectivity index (χ3v) is 5.50. The summed E-state index contributed by atoms with van der Waals surface area (Å²) in [6.45, 7) is 3.19. The molecular weight excluding hydrogens is 342 g/mol. The van der Waals surface area contributed by atoms with Gasteiger partial charge in [0.1, 0.15) is 5.82 Å². The van der Waals surface area contributed by atoms with Crippen LogP contribution >= 0.6 is 11.6 Å². The predicted molar refractivity (Wildman–Crippen MR) is 109 cm³/mol. The van der Waals surface area contributed by atoms with Crippen LogP contribution < -0.4 is 5.32 Å². The number of aryl methyl sites for hydroxylation is 1. The lowest BCUT2D eigenvalue weighted by atomic mass is 10.0. The van der Waals surface area contributed by atoms with E-state index in [-0.39, 0.29) is 0 Å². The maximum absolute atomic E-state index is 6.41. The molecule has 0 saturated carbocycles. The van der Waals surface area contributed by atoms with Crippen molar-refractivity contribution < 1.29 is 0 Å². The molecule has 0 amide bonds. The molecule has 2 heterocycles. The van der Waals surface area contributed by atoms with E-state index in [4.69, 9.17) is 16.7 Å². The van der Waals surface area contributed by atoms with E-state index in [9.17, 15) is 0 Å². The van der Waals surface area contributed by atoms with Gasteiger partial charge in [0.25, 0.3) is 0 Å². The van der Waals surface area contributed by atoms with Gasteiger partial charge in [-0.3, -0.25) is 0 Å². The van der Waals surface area contributed by atoms with E-state index in [1.807, 2.05) is 18.2 Å². The summed E-state index contributed by atoms with van der Waals surface area (Å²) in [7, 11) is 0. The van der Waals surface area contributed by atoms with Crippen molar-refractivity contribution in [2.24, 2.45) is 0 Å². The number of rotatable bonds is 4. The molecule has 0 unspecified atom stereocenters. The molecule has 4 heteroatoms. The molecule has 0 spiro atoms. The number of nitrogens with one attached hydrogen (secondary N) is 1. The number of aromatic nitrogens is 2. The highest BCUT2D eigenvalue weighted by molar-refractivity contribution is 6.31. The van der Waals surface area contributed by atoms with Crippen LogP contribution in [0.1, 0.15) is 42.1 Å². The summed E-state index contributed by atoms with van der Waals surface area (Å²) in [6, 6.07) is 16.6. The molecule has 1 aromatic heterocycles. The maximum Gasteiger partial charge on any atom is 0.133 e. The van der Waals surface area contributed by atoms with E-state index in [0.29, 0.717) is 0 Å². The molecule has 134 valence electrons. The lowest BCUT2D eigenvalue weighted by Gasteiger charge is -2.12. The minimum atomic E-state index is 0.769. The van der Waals surface area contributed by atoms with Gasteiger partial charge in [-0.05, 0) is 48.9 Å². The smallest absolute Gasteiger partial charge is 0.133 e. The summed E-state index contributed by atoms with van der Waals surface area (Å²) < 4.78 is 2.12. The van der Waals surface area contributed by atoms with Crippen LogP contribution in [-0.2, 0) is 19.3 Å². The zero-order valence-corrected chi connectivity index (χ0v) is 15.9. The van der Waals surface area contributed by atoms with Gasteiger partial charge < -0.3 is 5.32 Å². The first-order valence-electron chi connectivity index (χ1n) is 9.44. The molecule has 4 rings (SSSR count). The number of nitrogens with zero attached hydrogens (tertiary/aromatic N) is 2. The van der Waals surface area contributed by atoms with Gasteiger partial charge in [0.2, 0.25) is 0 Å². The van der Waals surface area contributed by atoms with Crippen LogP contribution in [0.4, 0.5) is 5.82 Å². The fraction of sp³-hybridized carbons (Fsp3) is 0.318. The van der Waals surface area contributed by atoms with Crippen LogP contribution in [0.5, 0.6) is 0 Å². The van der Waals surface area contributed by atoms with Gasteiger partial charge in [0.05, 0.1) is 11.4 Å². The summed E-state index contributed by atoms with van der Waals surface area (Å²) in [6.07, 6.45) is 5.21. The highest BCUT2D eigenvalue weighted by Crippen LogP contribution is 2.31. The van der Waals surface area contributed by atoms with Crippen LogP contribution in [0.2, 0.25) is 5.02 Å². The Bertz CT molecular complexity index is 914. The van der Waals surface area contributed by atoms with Crippen molar-refractivity contribution in [1.29, 1.82) is 0 Å². The average molecular weight is 366 g/mol. The van der Waals surface area contributed by atoms with Crippen LogP contribution in [0.3, 0.4) is 0 Å². The number of halogens is 1. The average Bonchev–Trinajstić information content (AvgIpc) is 2.84. The van der Waals surface area contributed by atoms with E-state index in [1.54, 1.807) is 0 Å². The van der Waals surface area contributed by atoms with Gasteiger partial charge >= 0.3 is 0 Å². The zero-order chi connectivity index (χ0) is 17.9. The fourth-order valence-electron chi connectivity index (χ4n) is 3.73. The van der Waals surface area contributed by atoms with Crippen molar-refractivity contribution in [3.63, 3.8) is 0 Å². The Morgan fingerprint density at radius 1 is 1.04 bits per heavy atom. The van der Waals surface area contributed by atoms with Crippen molar-refractivity contribution in [2.45, 2.75) is 39.0 Å². The second-order valence-electron chi connectivity index (χ2n) is 6.82. The summed E-state index contributed by atoms with van der Waals surface area (Å²) in [5, 5.41) is 9.49. The molecule has 1 aliphatic heterocycles. The first-order chi connectivity index (χ1) is 12.8. The molecule has 2 aromatic carbocycles. The number of fused-ring (bicyclic) bond motifs is 1. The van der Waals surface area contributed by atoms with E-state index in [0.717, 1.165) is 47.9 Å². The topological polar surface area (TPSA) is 29.9 Å². The molecule has 0 bridgehead atoms. The standard InChI is InChI=1S/C22H24ClN3/c1-2-16-9-4-6-13-21(16)26-22-18(11-7-8-14-24-22)20(25-26)15-17-10-3-5-12-19(17)23/h3-6,9-10,12-13,24H,2,7-8,11,14-15H2,1H3. The third kappa shape index (κ3) is 3.24. The normalized spacial score (nSPS) is 13.8. The number of benzene rings is 2. The van der Waals surface area contributed by atoms with Gasteiger partial charge in [-0.15, -0.1) is 0 Å². The van der Waals surface area contributed by atoms with E-state index in [2.05, 4.69) is 47.3 Å². The lowest BCUT2D eigenvalue weighted by molar-refractivity contribution is 0.766. The molecule has 1 aliphatic rings. The maximum atomic E-state index is 6.41. The molecule has 0 fully saturated rings. The monoisotopic (exact) mass is 365 g/mol. The summed E-state index contributed by atoms with van der Waals surface area (Å²) in [5.41, 5.74) is 6.09. The van der Waals surface area contributed by atoms with E-state index < -0.39 is 0 Å². The van der Waals surface area contributed by atoms with Crippen molar-refractivity contribution >= 4 is 17.4 Å². The number of hydrogen-bond donors (Lipinski definition) is 1. The first-order valence-corrected chi connectivity index (χ1v) is 9.82. The Kier molecular flexibility index (Phi) is 4.98. The molecule has 1 N–H and O–H groups in total. The molecule has 3 aromatic rings. The number of para-hydroxylation sites is 1. The molecule has 0 aliphatic carbocycles. The van der Waals surface area contributed by atoms with Gasteiger partial charge in [-0.2, -0.15) is 5.10 Å². The Labute approximate surface area is 160 Å². The second kappa shape index (κ2) is 7.55. The summed E-state index contributed by atoms with van der Waals surface area (Å²) in [5.74, 6) is 1.16. The van der Waals surface area contributed by atoms with Crippen LogP contribution in [-0.4, -0.2) is 16.3 Å². The van der Waals surface area contributed by atoms with Crippen molar-refractivity contribution in [3.8, 4) is 5.69 Å². The molecular formula is C22H24ClN3. The molecule has 0 radical (unpaired) electrons. The molecule has 26 heavy (non-hydrogen) atoms. The number of anilines is 1. The van der Waals surface area contributed by atoms with E-state index >= 15 is 0 Å². The van der Waals surface area contributed by atoms with Gasteiger partial charge in [0.15, 0.2) is 0 Å². The SMILES string of the molecule is CCc1ccccc1-n1nc(Cc2ccccc2Cl)c2c1NCCCC2. The van der Waals surface area contributed by atoms with Gasteiger partial charge in [-0.25, -0.2) is 4.68 Å². The summed E-state index contributed by atoms with van der Waals surface area (Å²) in [4.78, 5) is 0. The molecule has 0 saturated heterocycles. The fourth-order valence-corrected chi connectivity index (χ4v) is 3.93. The highest BCUT2D eigenvalue weighted by Gasteiger charge is 2.22. The highest BCUT2D eigenvalue weighted by atomic mass is 35.5. The van der Waals surface area contributed by atoms with Crippen molar-refractivity contribution in [1.82, 2.24) is 9.78 Å². The Hall–Kier alpha value is -2.26. The van der Waals surface area contributed by atoms with Crippen LogP contribution in [0, 0.1) is 0 Å². The Morgan fingerprint density at radius 2 is 1.81 bits per heavy atom. The van der Waals surface area contributed by atoms with Gasteiger partial charge in [0, 0.05) is 23.6 Å². The van der Waals surface area contributed by atoms with Crippen LogP contribution in [0.15, 0.2) is 48.5 Å². The molecule has 3 nitrogen and oxygen atoms in total. The Balaban J connectivity index is 1.83. The third-order valence-electron chi connectivity index (χ3n) is 5.13. The zero-order valence-electron chi connectivity index (χ0n) is 15.1.